The first-order chi connectivity index (χ1) is 6.90. The zero-order chi connectivity index (χ0) is 9.80. The predicted octanol–water partition coefficient (Wildman–Crippen LogP) is 2.08. The van der Waals surface area contributed by atoms with Gasteiger partial charge in [0.1, 0.15) is 5.82 Å². The van der Waals surface area contributed by atoms with E-state index in [1.165, 1.54) is 12.8 Å². The van der Waals surface area contributed by atoms with Crippen molar-refractivity contribution in [3.05, 3.63) is 18.2 Å². The fourth-order valence-electron chi connectivity index (χ4n) is 1.75. The van der Waals surface area contributed by atoms with Gasteiger partial charge >= 0.3 is 0 Å². The molecule has 0 atom stereocenters. The Labute approximate surface area is 84.7 Å². The van der Waals surface area contributed by atoms with E-state index in [9.17, 15) is 0 Å². The van der Waals surface area contributed by atoms with Gasteiger partial charge < -0.3 is 9.64 Å². The summed E-state index contributed by atoms with van der Waals surface area (Å²) >= 11 is 0. The van der Waals surface area contributed by atoms with Crippen LogP contribution in [-0.4, -0.2) is 24.7 Å². The molecule has 0 aliphatic carbocycles. The van der Waals surface area contributed by atoms with E-state index < -0.39 is 0 Å². The summed E-state index contributed by atoms with van der Waals surface area (Å²) in [7, 11) is 0. The Morgan fingerprint density at radius 1 is 1.36 bits per heavy atom. The quantitative estimate of drug-likeness (QED) is 0.733. The molecule has 14 heavy (non-hydrogen) atoms. The first-order valence-corrected chi connectivity index (χ1v) is 5.25. The van der Waals surface area contributed by atoms with Gasteiger partial charge in [0.2, 0.25) is 5.88 Å². The second kappa shape index (κ2) is 4.31. The molecule has 76 valence electrons. The van der Waals surface area contributed by atoms with Crippen molar-refractivity contribution in [2.45, 2.75) is 19.8 Å². The highest BCUT2D eigenvalue weighted by Crippen LogP contribution is 2.20. The third kappa shape index (κ3) is 1.97. The van der Waals surface area contributed by atoms with Gasteiger partial charge in [0.05, 0.1) is 6.61 Å². The van der Waals surface area contributed by atoms with Gasteiger partial charge in [0.15, 0.2) is 0 Å². The van der Waals surface area contributed by atoms with E-state index in [0.717, 1.165) is 24.8 Å². The van der Waals surface area contributed by atoms with Gasteiger partial charge in [-0.2, -0.15) is 4.98 Å². The summed E-state index contributed by atoms with van der Waals surface area (Å²) in [6.45, 7) is 4.91. The average molecular weight is 192 g/mol. The molecule has 0 saturated carbocycles. The van der Waals surface area contributed by atoms with E-state index in [1.54, 1.807) is 0 Å². The third-order valence-corrected chi connectivity index (χ3v) is 2.43. The van der Waals surface area contributed by atoms with Gasteiger partial charge in [-0.1, -0.05) is 6.07 Å². The molecule has 0 amide bonds. The first kappa shape index (κ1) is 9.31. The molecule has 0 unspecified atom stereocenters. The van der Waals surface area contributed by atoms with Gasteiger partial charge in [-0.05, 0) is 25.8 Å². The van der Waals surface area contributed by atoms with Crippen LogP contribution in [0.15, 0.2) is 18.2 Å². The minimum absolute atomic E-state index is 0.677. The molecule has 0 aromatic carbocycles. The van der Waals surface area contributed by atoms with Gasteiger partial charge in [-0.25, -0.2) is 0 Å². The summed E-state index contributed by atoms with van der Waals surface area (Å²) in [4.78, 5) is 6.76. The van der Waals surface area contributed by atoms with E-state index in [1.807, 2.05) is 25.1 Å². The molecular formula is C11H16N2O. The van der Waals surface area contributed by atoms with Crippen molar-refractivity contribution in [2.75, 3.05) is 24.6 Å². The SMILES string of the molecule is CCOc1cccc(N2CCCC2)n1. The van der Waals surface area contributed by atoms with Crippen molar-refractivity contribution in [3.63, 3.8) is 0 Å². The molecule has 0 bridgehead atoms. The lowest BCUT2D eigenvalue weighted by molar-refractivity contribution is 0.327. The fourth-order valence-corrected chi connectivity index (χ4v) is 1.75. The maximum absolute atomic E-state index is 5.37. The van der Waals surface area contributed by atoms with Gasteiger partial charge in [0, 0.05) is 19.2 Å². The van der Waals surface area contributed by atoms with Crippen LogP contribution in [0.4, 0.5) is 5.82 Å². The molecule has 1 fully saturated rings. The van der Waals surface area contributed by atoms with Crippen molar-refractivity contribution in [3.8, 4) is 5.88 Å². The Morgan fingerprint density at radius 3 is 2.86 bits per heavy atom. The Bertz CT molecular complexity index is 295. The Morgan fingerprint density at radius 2 is 2.14 bits per heavy atom. The van der Waals surface area contributed by atoms with Crippen molar-refractivity contribution >= 4 is 5.82 Å². The van der Waals surface area contributed by atoms with Crippen LogP contribution in [0.1, 0.15) is 19.8 Å². The number of hydrogen-bond donors (Lipinski definition) is 0. The van der Waals surface area contributed by atoms with Crippen LogP contribution in [0, 0.1) is 0 Å². The largest absolute Gasteiger partial charge is 0.478 e. The molecular weight excluding hydrogens is 176 g/mol. The molecule has 1 aromatic rings. The first-order valence-electron chi connectivity index (χ1n) is 5.25. The molecule has 2 heterocycles. The molecule has 1 saturated heterocycles. The highest BCUT2D eigenvalue weighted by Gasteiger charge is 2.13. The summed E-state index contributed by atoms with van der Waals surface area (Å²) in [5.74, 6) is 1.78. The minimum Gasteiger partial charge on any atom is -0.478 e. The van der Waals surface area contributed by atoms with Gasteiger partial charge in [0.25, 0.3) is 0 Å². The standard InChI is InChI=1S/C11H16N2O/c1-2-14-11-7-5-6-10(12-11)13-8-3-4-9-13/h5-7H,2-4,8-9H2,1H3. The number of hydrogen-bond acceptors (Lipinski definition) is 3. The zero-order valence-corrected chi connectivity index (χ0v) is 8.57. The second-order valence-electron chi connectivity index (χ2n) is 3.46. The highest BCUT2D eigenvalue weighted by molar-refractivity contribution is 5.41. The van der Waals surface area contributed by atoms with Crippen LogP contribution in [0.3, 0.4) is 0 Å². The molecule has 0 spiro atoms. The van der Waals surface area contributed by atoms with Crippen molar-refractivity contribution in [1.29, 1.82) is 0 Å². The second-order valence-corrected chi connectivity index (χ2v) is 3.46. The Kier molecular flexibility index (Phi) is 2.87. The van der Waals surface area contributed by atoms with E-state index in [2.05, 4.69) is 9.88 Å². The molecule has 1 aromatic heterocycles. The molecule has 3 nitrogen and oxygen atoms in total. The predicted molar refractivity (Wildman–Crippen MR) is 56.9 cm³/mol. The van der Waals surface area contributed by atoms with Crippen LogP contribution in [0.5, 0.6) is 5.88 Å². The number of ether oxygens (including phenoxy) is 1. The fraction of sp³-hybridized carbons (Fsp3) is 0.545. The summed E-state index contributed by atoms with van der Waals surface area (Å²) < 4.78 is 5.37. The lowest BCUT2D eigenvalue weighted by Gasteiger charge is -2.16. The maximum atomic E-state index is 5.37. The molecule has 3 heteroatoms. The van der Waals surface area contributed by atoms with Crippen LogP contribution in [0.25, 0.3) is 0 Å². The molecule has 0 radical (unpaired) electrons. The van der Waals surface area contributed by atoms with Crippen LogP contribution in [-0.2, 0) is 0 Å². The summed E-state index contributed by atoms with van der Waals surface area (Å²) in [6.07, 6.45) is 2.56. The van der Waals surface area contributed by atoms with Crippen LogP contribution >= 0.6 is 0 Å². The van der Waals surface area contributed by atoms with Crippen LogP contribution < -0.4 is 9.64 Å². The smallest absolute Gasteiger partial charge is 0.215 e. The Hall–Kier alpha value is -1.25. The molecule has 0 N–H and O–H groups in total. The van der Waals surface area contributed by atoms with E-state index >= 15 is 0 Å². The zero-order valence-electron chi connectivity index (χ0n) is 8.57. The van der Waals surface area contributed by atoms with Crippen molar-refractivity contribution < 1.29 is 4.74 Å². The van der Waals surface area contributed by atoms with E-state index in [-0.39, 0.29) is 0 Å². The number of aromatic nitrogens is 1. The molecule has 2 rings (SSSR count). The number of anilines is 1. The van der Waals surface area contributed by atoms with Gasteiger partial charge in [-0.15, -0.1) is 0 Å². The summed E-state index contributed by atoms with van der Waals surface area (Å²) in [5.41, 5.74) is 0. The average Bonchev–Trinajstić information content (AvgIpc) is 2.71. The molecule has 1 aliphatic rings. The van der Waals surface area contributed by atoms with Crippen molar-refractivity contribution in [2.24, 2.45) is 0 Å². The van der Waals surface area contributed by atoms with Crippen LogP contribution in [0.2, 0.25) is 0 Å². The summed E-state index contributed by atoms with van der Waals surface area (Å²) in [5, 5.41) is 0. The lowest BCUT2D eigenvalue weighted by Crippen LogP contribution is -2.18. The van der Waals surface area contributed by atoms with Gasteiger partial charge in [-0.3, -0.25) is 0 Å². The topological polar surface area (TPSA) is 25.4 Å². The van der Waals surface area contributed by atoms with E-state index in [4.69, 9.17) is 4.74 Å². The maximum Gasteiger partial charge on any atom is 0.215 e. The number of nitrogens with zero attached hydrogens (tertiary/aromatic N) is 2. The summed E-state index contributed by atoms with van der Waals surface area (Å²) in [6, 6.07) is 5.96. The number of rotatable bonds is 3. The van der Waals surface area contributed by atoms with Crippen molar-refractivity contribution in [1.82, 2.24) is 4.98 Å². The lowest BCUT2D eigenvalue weighted by atomic mass is 10.4. The van der Waals surface area contributed by atoms with E-state index in [0.29, 0.717) is 6.61 Å². The normalized spacial score (nSPS) is 15.9. The minimum atomic E-state index is 0.677. The molecule has 1 aliphatic heterocycles. The Balaban J connectivity index is 2.12. The monoisotopic (exact) mass is 192 g/mol. The number of pyridine rings is 1. The highest BCUT2D eigenvalue weighted by atomic mass is 16.5. The third-order valence-electron chi connectivity index (χ3n) is 2.43.